The highest BCUT2D eigenvalue weighted by Gasteiger charge is 2.30. The molecule has 128 valence electrons. The Balaban J connectivity index is 1.71. The van der Waals surface area contributed by atoms with Crippen LogP contribution >= 0.6 is 11.6 Å². The Morgan fingerprint density at radius 2 is 1.96 bits per heavy atom. The number of pyridine rings is 1. The van der Waals surface area contributed by atoms with Gasteiger partial charge < -0.3 is 14.8 Å². The van der Waals surface area contributed by atoms with E-state index in [9.17, 15) is 13.2 Å². The Bertz CT molecular complexity index is 720. The minimum absolute atomic E-state index is 0.339. The van der Waals surface area contributed by atoms with Crippen LogP contribution in [0.2, 0.25) is 5.02 Å². The molecular weight excluding hydrogens is 345 g/mol. The third-order valence-corrected chi connectivity index (χ3v) is 3.71. The summed E-state index contributed by atoms with van der Waals surface area (Å²) in [6.07, 6.45) is -2.83. The predicted octanol–water partition coefficient (Wildman–Crippen LogP) is 4.53. The Morgan fingerprint density at radius 3 is 2.67 bits per heavy atom. The van der Waals surface area contributed by atoms with E-state index < -0.39 is 11.7 Å². The molecule has 1 aromatic heterocycles. The van der Waals surface area contributed by atoms with Crippen molar-refractivity contribution in [1.82, 2.24) is 4.98 Å². The summed E-state index contributed by atoms with van der Waals surface area (Å²) < 4.78 is 48.7. The van der Waals surface area contributed by atoms with Gasteiger partial charge in [0.2, 0.25) is 0 Å². The SMILES string of the molecule is FC(F)(F)c1ccc(NCc2cc(Cl)c3c(c2)OCCCO3)nc1. The van der Waals surface area contributed by atoms with Gasteiger partial charge in [0.15, 0.2) is 11.5 Å². The molecule has 0 aliphatic carbocycles. The van der Waals surface area contributed by atoms with Crippen molar-refractivity contribution in [2.24, 2.45) is 0 Å². The number of fused-ring (bicyclic) bond motifs is 1. The molecule has 0 spiro atoms. The minimum Gasteiger partial charge on any atom is -0.489 e. The molecule has 24 heavy (non-hydrogen) atoms. The molecular formula is C16H14ClF3N2O2. The maximum atomic E-state index is 12.5. The molecule has 0 unspecified atom stereocenters. The van der Waals surface area contributed by atoms with E-state index in [4.69, 9.17) is 21.1 Å². The van der Waals surface area contributed by atoms with Gasteiger partial charge in [0.1, 0.15) is 5.82 Å². The highest BCUT2D eigenvalue weighted by atomic mass is 35.5. The second-order valence-electron chi connectivity index (χ2n) is 5.24. The van der Waals surface area contributed by atoms with Gasteiger partial charge in [-0.25, -0.2) is 4.98 Å². The third-order valence-electron chi connectivity index (χ3n) is 3.43. The summed E-state index contributed by atoms with van der Waals surface area (Å²) in [6.45, 7) is 1.43. The molecule has 1 aliphatic rings. The van der Waals surface area contributed by atoms with Gasteiger partial charge in [-0.15, -0.1) is 0 Å². The largest absolute Gasteiger partial charge is 0.489 e. The van der Waals surface area contributed by atoms with E-state index in [2.05, 4.69) is 10.3 Å². The topological polar surface area (TPSA) is 43.4 Å². The number of ether oxygens (including phenoxy) is 2. The fourth-order valence-corrected chi connectivity index (χ4v) is 2.53. The van der Waals surface area contributed by atoms with Gasteiger partial charge in [-0.05, 0) is 29.8 Å². The predicted molar refractivity (Wildman–Crippen MR) is 83.6 cm³/mol. The standard InChI is InChI=1S/C16H14ClF3N2O2/c17-12-6-10(7-13-15(12)24-5-1-4-23-13)8-21-14-3-2-11(9-22-14)16(18,19)20/h2-3,6-7,9H,1,4-5,8H2,(H,21,22). The zero-order chi connectivity index (χ0) is 17.2. The lowest BCUT2D eigenvalue weighted by Crippen LogP contribution is -2.07. The first-order chi connectivity index (χ1) is 11.4. The van der Waals surface area contributed by atoms with Crippen LogP contribution in [0.25, 0.3) is 0 Å². The molecule has 3 rings (SSSR count). The van der Waals surface area contributed by atoms with E-state index in [0.717, 1.165) is 24.2 Å². The smallest absolute Gasteiger partial charge is 0.417 e. The van der Waals surface area contributed by atoms with Crippen LogP contribution in [0, 0.1) is 0 Å². The lowest BCUT2D eigenvalue weighted by molar-refractivity contribution is -0.137. The van der Waals surface area contributed by atoms with Crippen LogP contribution in [-0.2, 0) is 12.7 Å². The summed E-state index contributed by atoms with van der Waals surface area (Å²) >= 11 is 6.20. The van der Waals surface area contributed by atoms with Crippen LogP contribution in [0.4, 0.5) is 19.0 Å². The number of anilines is 1. The first-order valence-electron chi connectivity index (χ1n) is 7.28. The number of nitrogens with zero attached hydrogens (tertiary/aromatic N) is 1. The molecule has 1 N–H and O–H groups in total. The molecule has 0 fully saturated rings. The van der Waals surface area contributed by atoms with Crippen LogP contribution in [0.5, 0.6) is 11.5 Å². The molecule has 0 radical (unpaired) electrons. The van der Waals surface area contributed by atoms with E-state index in [1.165, 1.54) is 6.07 Å². The van der Waals surface area contributed by atoms with Crippen LogP contribution in [-0.4, -0.2) is 18.2 Å². The number of halogens is 4. The van der Waals surface area contributed by atoms with Crippen molar-refractivity contribution in [3.8, 4) is 11.5 Å². The Morgan fingerprint density at radius 1 is 1.17 bits per heavy atom. The van der Waals surface area contributed by atoms with Gasteiger partial charge in [-0.3, -0.25) is 0 Å². The maximum Gasteiger partial charge on any atom is 0.417 e. The molecule has 2 aromatic rings. The molecule has 0 bridgehead atoms. The summed E-state index contributed by atoms with van der Waals surface area (Å²) in [5.41, 5.74) is 0.0256. The average molecular weight is 359 g/mol. The van der Waals surface area contributed by atoms with Crippen molar-refractivity contribution in [2.45, 2.75) is 19.1 Å². The van der Waals surface area contributed by atoms with E-state index in [-0.39, 0.29) is 0 Å². The number of hydrogen-bond acceptors (Lipinski definition) is 4. The molecule has 8 heteroatoms. The third kappa shape index (κ3) is 3.84. The van der Waals surface area contributed by atoms with E-state index in [1.54, 1.807) is 12.1 Å². The summed E-state index contributed by atoms with van der Waals surface area (Å²) in [5.74, 6) is 1.42. The molecule has 1 aromatic carbocycles. The van der Waals surface area contributed by atoms with Gasteiger partial charge in [-0.2, -0.15) is 13.2 Å². The Kier molecular flexibility index (Phi) is 4.71. The van der Waals surface area contributed by atoms with Crippen molar-refractivity contribution >= 4 is 17.4 Å². The van der Waals surface area contributed by atoms with Crippen LogP contribution in [0.1, 0.15) is 17.5 Å². The highest BCUT2D eigenvalue weighted by molar-refractivity contribution is 6.32. The fraction of sp³-hybridized carbons (Fsp3) is 0.312. The summed E-state index contributed by atoms with van der Waals surface area (Å²) in [4.78, 5) is 3.77. The molecule has 0 saturated heterocycles. The number of nitrogens with one attached hydrogen (secondary N) is 1. The van der Waals surface area contributed by atoms with Crippen molar-refractivity contribution in [2.75, 3.05) is 18.5 Å². The summed E-state index contributed by atoms with van der Waals surface area (Å²) in [7, 11) is 0. The van der Waals surface area contributed by atoms with Gasteiger partial charge in [0.05, 0.1) is 23.8 Å². The second-order valence-corrected chi connectivity index (χ2v) is 5.65. The second kappa shape index (κ2) is 6.76. The molecule has 4 nitrogen and oxygen atoms in total. The quantitative estimate of drug-likeness (QED) is 0.875. The number of rotatable bonds is 3. The molecule has 1 aliphatic heterocycles. The molecule has 0 atom stereocenters. The first-order valence-corrected chi connectivity index (χ1v) is 7.66. The fourth-order valence-electron chi connectivity index (χ4n) is 2.24. The van der Waals surface area contributed by atoms with Gasteiger partial charge in [-0.1, -0.05) is 11.6 Å². The van der Waals surface area contributed by atoms with Crippen LogP contribution in [0.3, 0.4) is 0 Å². The maximum absolute atomic E-state index is 12.5. The normalized spacial score (nSPS) is 14.2. The number of alkyl halides is 3. The molecule has 0 saturated carbocycles. The summed E-state index contributed by atoms with van der Waals surface area (Å²) in [6, 6.07) is 5.79. The monoisotopic (exact) mass is 358 g/mol. The van der Waals surface area contributed by atoms with Gasteiger partial charge >= 0.3 is 6.18 Å². The summed E-state index contributed by atoms with van der Waals surface area (Å²) in [5, 5.41) is 3.39. The van der Waals surface area contributed by atoms with E-state index >= 15 is 0 Å². The highest BCUT2D eigenvalue weighted by Crippen LogP contribution is 2.38. The van der Waals surface area contributed by atoms with Crippen LogP contribution in [0.15, 0.2) is 30.5 Å². The minimum atomic E-state index is -4.40. The molecule has 2 heterocycles. The zero-order valence-corrected chi connectivity index (χ0v) is 13.2. The van der Waals surface area contributed by atoms with Gasteiger partial charge in [0.25, 0.3) is 0 Å². The van der Waals surface area contributed by atoms with Crippen molar-refractivity contribution in [3.05, 3.63) is 46.6 Å². The van der Waals surface area contributed by atoms with E-state index in [1.807, 2.05) is 0 Å². The Hall–Kier alpha value is -2.15. The van der Waals surface area contributed by atoms with Crippen molar-refractivity contribution < 1.29 is 22.6 Å². The average Bonchev–Trinajstić information content (AvgIpc) is 2.78. The number of benzene rings is 1. The first kappa shape index (κ1) is 16.7. The van der Waals surface area contributed by atoms with Crippen molar-refractivity contribution in [3.63, 3.8) is 0 Å². The van der Waals surface area contributed by atoms with E-state index in [0.29, 0.717) is 42.1 Å². The Labute approximate surface area is 141 Å². The van der Waals surface area contributed by atoms with Crippen LogP contribution < -0.4 is 14.8 Å². The number of aromatic nitrogens is 1. The lowest BCUT2D eigenvalue weighted by Gasteiger charge is -2.13. The number of hydrogen-bond donors (Lipinski definition) is 1. The van der Waals surface area contributed by atoms with Gasteiger partial charge in [0, 0.05) is 19.2 Å². The zero-order valence-electron chi connectivity index (χ0n) is 12.5. The van der Waals surface area contributed by atoms with Crippen molar-refractivity contribution in [1.29, 1.82) is 0 Å². The molecule has 0 amide bonds. The lowest BCUT2D eigenvalue weighted by atomic mass is 10.2.